The summed E-state index contributed by atoms with van der Waals surface area (Å²) in [6.45, 7) is 3.69. The smallest absolute Gasteiger partial charge is 0.274 e. The molecule has 1 aliphatic rings. The molecule has 0 saturated carbocycles. The summed E-state index contributed by atoms with van der Waals surface area (Å²) < 4.78 is 0.953. The summed E-state index contributed by atoms with van der Waals surface area (Å²) in [5.74, 6) is -0.205. The van der Waals surface area contributed by atoms with E-state index in [1.54, 1.807) is 12.1 Å². The normalized spacial score (nSPS) is 15.8. The van der Waals surface area contributed by atoms with Crippen LogP contribution in [0, 0.1) is 0 Å². The maximum atomic E-state index is 11.7. The number of rotatable bonds is 5. The lowest BCUT2D eigenvalue weighted by atomic mass is 10.2. The molecule has 98 valence electrons. The topological polar surface area (TPSA) is 41.6 Å². The summed E-state index contributed by atoms with van der Waals surface area (Å²) in [7, 11) is 0. The maximum absolute atomic E-state index is 11.7. The second kappa shape index (κ2) is 6.87. The lowest BCUT2D eigenvalue weighted by Crippen LogP contribution is -2.30. The van der Waals surface area contributed by atoms with E-state index in [0.717, 1.165) is 24.1 Å². The molecule has 18 heavy (non-hydrogen) atoms. The molecule has 0 atom stereocenters. The zero-order valence-corrected chi connectivity index (χ0v) is 11.8. The van der Waals surface area contributed by atoms with Gasteiger partial charge in [0.2, 0.25) is 0 Å². The van der Waals surface area contributed by atoms with Crippen LogP contribution in [0.2, 0.25) is 0 Å². The van der Waals surface area contributed by atoms with Crippen LogP contribution >= 0.6 is 15.9 Å². The Morgan fingerprint density at radius 2 is 1.94 bits per heavy atom. The fraction of sp³-hybridized carbons (Fsp3) is 0.462. The Bertz CT molecular complexity index is 388. The molecule has 0 spiro atoms. The lowest BCUT2D eigenvalue weighted by Gasteiger charge is -2.14. The zero-order chi connectivity index (χ0) is 12.8. The molecule has 1 amide bonds. The zero-order valence-electron chi connectivity index (χ0n) is 10.2. The summed E-state index contributed by atoms with van der Waals surface area (Å²) in [4.78, 5) is 19.2. The molecule has 1 aliphatic heterocycles. The van der Waals surface area contributed by atoms with Crippen LogP contribution in [0.15, 0.2) is 28.7 Å². The van der Waals surface area contributed by atoms with E-state index < -0.39 is 0 Å². The molecule has 0 aliphatic carbocycles. The van der Waals surface area contributed by atoms with Crippen molar-refractivity contribution in [2.75, 3.05) is 26.2 Å². The molecule has 1 saturated heterocycles. The molecule has 0 aromatic heterocycles. The SMILES string of the molecule is O=C(NOCCN1CCCC1)c1ccc(Br)cc1. The van der Waals surface area contributed by atoms with Crippen molar-refractivity contribution in [2.45, 2.75) is 12.8 Å². The minimum Gasteiger partial charge on any atom is -0.301 e. The molecule has 2 rings (SSSR count). The Kier molecular flexibility index (Phi) is 5.16. The van der Waals surface area contributed by atoms with Crippen LogP contribution in [-0.2, 0) is 4.84 Å². The molecule has 0 radical (unpaired) electrons. The molecule has 1 aromatic carbocycles. The highest BCUT2D eigenvalue weighted by Gasteiger charge is 2.11. The van der Waals surface area contributed by atoms with Crippen LogP contribution in [0.4, 0.5) is 0 Å². The van der Waals surface area contributed by atoms with Crippen molar-refractivity contribution in [3.8, 4) is 0 Å². The van der Waals surface area contributed by atoms with E-state index in [1.807, 2.05) is 12.1 Å². The molecule has 1 heterocycles. The van der Waals surface area contributed by atoms with Crippen molar-refractivity contribution >= 4 is 21.8 Å². The first-order valence-electron chi connectivity index (χ1n) is 6.16. The van der Waals surface area contributed by atoms with Crippen molar-refractivity contribution in [2.24, 2.45) is 0 Å². The molecule has 1 N–H and O–H groups in total. The van der Waals surface area contributed by atoms with Crippen molar-refractivity contribution in [3.05, 3.63) is 34.3 Å². The van der Waals surface area contributed by atoms with Crippen molar-refractivity contribution in [1.82, 2.24) is 10.4 Å². The van der Waals surface area contributed by atoms with Gasteiger partial charge in [-0.15, -0.1) is 0 Å². The number of hydrogen-bond acceptors (Lipinski definition) is 3. The minimum absolute atomic E-state index is 0.205. The number of benzene rings is 1. The summed E-state index contributed by atoms with van der Waals surface area (Å²) in [5, 5.41) is 0. The summed E-state index contributed by atoms with van der Waals surface area (Å²) in [5.41, 5.74) is 3.06. The average Bonchev–Trinajstić information content (AvgIpc) is 2.88. The molecule has 0 unspecified atom stereocenters. The van der Waals surface area contributed by atoms with E-state index in [1.165, 1.54) is 12.8 Å². The number of nitrogens with zero attached hydrogens (tertiary/aromatic N) is 1. The van der Waals surface area contributed by atoms with E-state index in [0.29, 0.717) is 12.2 Å². The molecular weight excluding hydrogens is 296 g/mol. The van der Waals surface area contributed by atoms with Gasteiger partial charge in [0.15, 0.2) is 0 Å². The fourth-order valence-corrected chi connectivity index (χ4v) is 2.22. The van der Waals surface area contributed by atoms with Gasteiger partial charge in [0.1, 0.15) is 0 Å². The van der Waals surface area contributed by atoms with Gasteiger partial charge in [0.25, 0.3) is 5.91 Å². The second-order valence-corrected chi connectivity index (χ2v) is 5.25. The highest BCUT2D eigenvalue weighted by Crippen LogP contribution is 2.10. The third-order valence-corrected chi connectivity index (χ3v) is 3.51. The van der Waals surface area contributed by atoms with E-state index in [2.05, 4.69) is 26.3 Å². The molecule has 4 nitrogen and oxygen atoms in total. The number of nitrogens with one attached hydrogen (secondary N) is 1. The number of hydrogen-bond donors (Lipinski definition) is 1. The maximum Gasteiger partial charge on any atom is 0.274 e. The molecule has 1 aromatic rings. The summed E-state index contributed by atoms with van der Waals surface area (Å²) in [6, 6.07) is 7.17. The Balaban J connectivity index is 1.66. The van der Waals surface area contributed by atoms with Crippen LogP contribution in [0.25, 0.3) is 0 Å². The van der Waals surface area contributed by atoms with Gasteiger partial charge in [-0.05, 0) is 50.2 Å². The van der Waals surface area contributed by atoms with Crippen LogP contribution in [0.3, 0.4) is 0 Å². The van der Waals surface area contributed by atoms with E-state index >= 15 is 0 Å². The standard InChI is InChI=1S/C13H17BrN2O2/c14-12-5-3-11(4-6-12)13(17)15-18-10-9-16-7-1-2-8-16/h3-6H,1-2,7-10H2,(H,15,17). The number of carbonyl (C=O) groups excluding carboxylic acids is 1. The van der Waals surface area contributed by atoms with E-state index in [4.69, 9.17) is 4.84 Å². The fourth-order valence-electron chi connectivity index (χ4n) is 1.96. The number of carbonyl (C=O) groups is 1. The van der Waals surface area contributed by atoms with Crippen LogP contribution in [-0.4, -0.2) is 37.0 Å². The first kappa shape index (κ1) is 13.5. The molecular formula is C13H17BrN2O2. The molecule has 1 fully saturated rings. The summed E-state index contributed by atoms with van der Waals surface area (Å²) in [6.07, 6.45) is 2.54. The predicted molar refractivity (Wildman–Crippen MR) is 73.2 cm³/mol. The summed E-state index contributed by atoms with van der Waals surface area (Å²) >= 11 is 3.33. The van der Waals surface area contributed by atoms with Crippen LogP contribution < -0.4 is 5.48 Å². The predicted octanol–water partition coefficient (Wildman–Crippen LogP) is 2.21. The monoisotopic (exact) mass is 312 g/mol. The average molecular weight is 313 g/mol. The van der Waals surface area contributed by atoms with Crippen molar-refractivity contribution < 1.29 is 9.63 Å². The molecule has 0 bridgehead atoms. The van der Waals surface area contributed by atoms with Gasteiger partial charge in [0, 0.05) is 16.6 Å². The minimum atomic E-state index is -0.205. The van der Waals surface area contributed by atoms with Gasteiger partial charge >= 0.3 is 0 Å². The Hall–Kier alpha value is -0.910. The van der Waals surface area contributed by atoms with Crippen LogP contribution in [0.5, 0.6) is 0 Å². The van der Waals surface area contributed by atoms with Gasteiger partial charge in [-0.2, -0.15) is 0 Å². The van der Waals surface area contributed by atoms with E-state index in [-0.39, 0.29) is 5.91 Å². The first-order valence-corrected chi connectivity index (χ1v) is 6.95. The Morgan fingerprint density at radius 1 is 1.28 bits per heavy atom. The van der Waals surface area contributed by atoms with Crippen molar-refractivity contribution in [1.29, 1.82) is 0 Å². The van der Waals surface area contributed by atoms with Gasteiger partial charge in [-0.1, -0.05) is 15.9 Å². The third kappa shape index (κ3) is 4.08. The van der Waals surface area contributed by atoms with Crippen molar-refractivity contribution in [3.63, 3.8) is 0 Å². The second-order valence-electron chi connectivity index (χ2n) is 4.34. The number of halogens is 1. The number of amides is 1. The molecule has 5 heteroatoms. The van der Waals surface area contributed by atoms with Gasteiger partial charge in [0.05, 0.1) is 6.61 Å². The number of likely N-dealkylation sites (tertiary alicyclic amines) is 1. The van der Waals surface area contributed by atoms with Crippen LogP contribution in [0.1, 0.15) is 23.2 Å². The largest absolute Gasteiger partial charge is 0.301 e. The third-order valence-electron chi connectivity index (χ3n) is 2.98. The first-order chi connectivity index (χ1) is 8.75. The van der Waals surface area contributed by atoms with E-state index in [9.17, 15) is 4.79 Å². The lowest BCUT2D eigenvalue weighted by molar-refractivity contribution is 0.0244. The Labute approximate surface area is 115 Å². The van der Waals surface area contributed by atoms with Gasteiger partial charge in [-0.3, -0.25) is 9.63 Å². The quantitative estimate of drug-likeness (QED) is 0.669. The van der Waals surface area contributed by atoms with Gasteiger partial charge < -0.3 is 4.90 Å². The van der Waals surface area contributed by atoms with Gasteiger partial charge in [-0.25, -0.2) is 5.48 Å². The highest BCUT2D eigenvalue weighted by atomic mass is 79.9. The number of hydroxylamine groups is 1. The Morgan fingerprint density at radius 3 is 2.61 bits per heavy atom. The highest BCUT2D eigenvalue weighted by molar-refractivity contribution is 9.10.